The van der Waals surface area contributed by atoms with Gasteiger partial charge in [-0.1, -0.05) is 50.9 Å². The second kappa shape index (κ2) is 5.84. The summed E-state index contributed by atoms with van der Waals surface area (Å²) in [6.45, 7) is 12.2. The van der Waals surface area contributed by atoms with Gasteiger partial charge in [0.1, 0.15) is 0 Å². The first-order valence-corrected chi connectivity index (χ1v) is 5.34. The second-order valence-electron chi connectivity index (χ2n) is 4.41. The number of hydrogen-bond acceptors (Lipinski definition) is 2. The largest absolute Gasteiger partial charge is 0.411 e. The van der Waals surface area contributed by atoms with E-state index in [9.17, 15) is 0 Å². The average Bonchev–Trinajstić information content (AvgIpc) is 2.12. The van der Waals surface area contributed by atoms with Gasteiger partial charge >= 0.3 is 0 Å². The molecule has 0 saturated heterocycles. The van der Waals surface area contributed by atoms with Gasteiger partial charge in [0.15, 0.2) is 0 Å². The minimum atomic E-state index is -0.178. The lowest BCUT2D eigenvalue weighted by molar-refractivity contribution is 0.309. The molecular formula is C12H23NO. The third-order valence-electron chi connectivity index (χ3n) is 2.93. The molecule has 0 heterocycles. The highest BCUT2D eigenvalue weighted by Gasteiger charge is 2.25. The Balaban J connectivity index is 4.35. The van der Waals surface area contributed by atoms with Crippen molar-refractivity contribution in [3.63, 3.8) is 0 Å². The van der Waals surface area contributed by atoms with Crippen molar-refractivity contribution in [2.75, 3.05) is 0 Å². The Morgan fingerprint density at radius 3 is 2.29 bits per heavy atom. The van der Waals surface area contributed by atoms with E-state index < -0.39 is 0 Å². The third kappa shape index (κ3) is 3.52. The third-order valence-corrected chi connectivity index (χ3v) is 2.93. The predicted molar refractivity (Wildman–Crippen MR) is 62.0 cm³/mol. The van der Waals surface area contributed by atoms with Gasteiger partial charge in [-0.05, 0) is 19.8 Å². The lowest BCUT2D eigenvalue weighted by Gasteiger charge is -2.26. The van der Waals surface area contributed by atoms with Crippen molar-refractivity contribution in [1.82, 2.24) is 0 Å². The normalized spacial score (nSPS) is 13.0. The molecule has 0 aromatic rings. The van der Waals surface area contributed by atoms with Gasteiger partial charge in [-0.3, -0.25) is 0 Å². The van der Waals surface area contributed by atoms with Crippen LogP contribution in [0.1, 0.15) is 53.4 Å². The average molecular weight is 197 g/mol. The van der Waals surface area contributed by atoms with Crippen molar-refractivity contribution in [2.45, 2.75) is 53.4 Å². The van der Waals surface area contributed by atoms with Gasteiger partial charge in [0.2, 0.25) is 0 Å². The van der Waals surface area contributed by atoms with Crippen LogP contribution in [0.2, 0.25) is 0 Å². The second-order valence-corrected chi connectivity index (χ2v) is 4.41. The quantitative estimate of drug-likeness (QED) is 0.225. The molecule has 0 bridgehead atoms. The minimum absolute atomic E-state index is 0.178. The van der Waals surface area contributed by atoms with E-state index in [0.29, 0.717) is 0 Å². The summed E-state index contributed by atoms with van der Waals surface area (Å²) in [5.74, 6) is 0. The molecule has 0 aliphatic heterocycles. The maximum atomic E-state index is 8.96. The van der Waals surface area contributed by atoms with Crippen molar-refractivity contribution in [3.05, 3.63) is 12.2 Å². The molecule has 0 aromatic carbocycles. The van der Waals surface area contributed by atoms with E-state index in [4.69, 9.17) is 5.21 Å². The summed E-state index contributed by atoms with van der Waals surface area (Å²) in [5, 5.41) is 12.4. The predicted octanol–water partition coefficient (Wildman–Crippen LogP) is 4.00. The smallest absolute Gasteiger partial charge is 0.0666 e. The number of allylic oxidation sites excluding steroid dienone is 1. The van der Waals surface area contributed by atoms with Crippen LogP contribution in [0.5, 0.6) is 0 Å². The van der Waals surface area contributed by atoms with Crippen molar-refractivity contribution in [3.8, 4) is 0 Å². The van der Waals surface area contributed by atoms with E-state index in [1.54, 1.807) is 0 Å². The fraction of sp³-hybridized carbons (Fsp3) is 0.750. The first-order chi connectivity index (χ1) is 6.46. The van der Waals surface area contributed by atoms with Crippen LogP contribution in [-0.2, 0) is 0 Å². The summed E-state index contributed by atoms with van der Waals surface area (Å²) in [5.41, 5.74) is 1.71. The summed E-state index contributed by atoms with van der Waals surface area (Å²) in [6.07, 6.45) is 4.33. The SMILES string of the molecule is C=C(C)C(C)(C)/C(CCCCC)=N/O. The maximum absolute atomic E-state index is 8.96. The molecule has 0 saturated carbocycles. The van der Waals surface area contributed by atoms with Crippen LogP contribution in [-0.4, -0.2) is 10.9 Å². The molecule has 2 nitrogen and oxygen atoms in total. The van der Waals surface area contributed by atoms with Gasteiger partial charge in [0.25, 0.3) is 0 Å². The Labute approximate surface area is 87.7 Å². The lowest BCUT2D eigenvalue weighted by atomic mass is 9.79. The molecule has 82 valence electrons. The zero-order valence-corrected chi connectivity index (χ0v) is 9.93. The van der Waals surface area contributed by atoms with Crippen LogP contribution in [0.4, 0.5) is 0 Å². The number of nitrogens with zero attached hydrogens (tertiary/aromatic N) is 1. The zero-order chi connectivity index (χ0) is 11.2. The van der Waals surface area contributed by atoms with Crippen molar-refractivity contribution in [1.29, 1.82) is 0 Å². The molecular weight excluding hydrogens is 174 g/mol. The molecule has 0 amide bonds. The Morgan fingerprint density at radius 1 is 1.36 bits per heavy atom. The molecule has 0 fully saturated rings. The van der Waals surface area contributed by atoms with Crippen molar-refractivity contribution >= 4 is 5.71 Å². The molecule has 0 radical (unpaired) electrons. The van der Waals surface area contributed by atoms with Gasteiger partial charge in [0.05, 0.1) is 5.71 Å². The highest BCUT2D eigenvalue weighted by Crippen LogP contribution is 2.28. The standard InChI is InChI=1S/C12H23NO/c1-6-7-8-9-11(13-14)12(4,5)10(2)3/h14H,2,6-9H2,1,3-5H3/b13-11+. The Hall–Kier alpha value is -0.790. The number of oxime groups is 1. The first kappa shape index (κ1) is 13.2. The van der Waals surface area contributed by atoms with Gasteiger partial charge in [-0.25, -0.2) is 0 Å². The summed E-state index contributed by atoms with van der Waals surface area (Å²) in [4.78, 5) is 0. The fourth-order valence-electron chi connectivity index (χ4n) is 1.28. The van der Waals surface area contributed by atoms with Gasteiger partial charge in [-0.2, -0.15) is 0 Å². The molecule has 0 atom stereocenters. The van der Waals surface area contributed by atoms with E-state index in [-0.39, 0.29) is 5.41 Å². The molecule has 0 rings (SSSR count). The molecule has 0 unspecified atom stereocenters. The van der Waals surface area contributed by atoms with Crippen LogP contribution < -0.4 is 0 Å². The zero-order valence-electron chi connectivity index (χ0n) is 9.93. The van der Waals surface area contributed by atoms with Gasteiger partial charge in [0, 0.05) is 5.41 Å². The van der Waals surface area contributed by atoms with Crippen molar-refractivity contribution < 1.29 is 5.21 Å². The lowest BCUT2D eigenvalue weighted by Crippen LogP contribution is -2.25. The van der Waals surface area contributed by atoms with E-state index >= 15 is 0 Å². The summed E-state index contributed by atoms with van der Waals surface area (Å²) < 4.78 is 0. The number of hydrogen-bond donors (Lipinski definition) is 1. The number of unbranched alkanes of at least 4 members (excludes halogenated alkanes) is 2. The molecule has 1 N–H and O–H groups in total. The van der Waals surface area contributed by atoms with Crippen LogP contribution >= 0.6 is 0 Å². The molecule has 14 heavy (non-hydrogen) atoms. The van der Waals surface area contributed by atoms with E-state index in [2.05, 4.69) is 32.5 Å². The first-order valence-electron chi connectivity index (χ1n) is 5.34. The minimum Gasteiger partial charge on any atom is -0.411 e. The summed E-state index contributed by atoms with van der Waals surface area (Å²) in [6, 6.07) is 0. The Morgan fingerprint density at radius 2 is 1.93 bits per heavy atom. The number of rotatable bonds is 6. The van der Waals surface area contributed by atoms with E-state index in [1.165, 1.54) is 12.8 Å². The molecule has 0 aliphatic carbocycles. The highest BCUT2D eigenvalue weighted by atomic mass is 16.4. The van der Waals surface area contributed by atoms with Gasteiger partial charge < -0.3 is 5.21 Å². The Kier molecular flexibility index (Phi) is 5.51. The van der Waals surface area contributed by atoms with Crippen molar-refractivity contribution in [2.24, 2.45) is 10.6 Å². The molecule has 0 aromatic heterocycles. The van der Waals surface area contributed by atoms with E-state index in [1.807, 2.05) is 6.92 Å². The maximum Gasteiger partial charge on any atom is 0.0666 e. The fourth-order valence-corrected chi connectivity index (χ4v) is 1.28. The molecule has 2 heteroatoms. The van der Waals surface area contributed by atoms with Crippen LogP contribution in [0.3, 0.4) is 0 Å². The molecule has 0 spiro atoms. The molecule has 0 aliphatic rings. The summed E-state index contributed by atoms with van der Waals surface area (Å²) in [7, 11) is 0. The van der Waals surface area contributed by atoms with Crippen LogP contribution in [0.25, 0.3) is 0 Å². The van der Waals surface area contributed by atoms with E-state index in [0.717, 1.165) is 24.1 Å². The topological polar surface area (TPSA) is 32.6 Å². The van der Waals surface area contributed by atoms with Crippen LogP contribution in [0, 0.1) is 5.41 Å². The monoisotopic (exact) mass is 197 g/mol. The highest BCUT2D eigenvalue weighted by molar-refractivity contribution is 5.91. The van der Waals surface area contributed by atoms with Gasteiger partial charge in [-0.15, -0.1) is 0 Å². The van der Waals surface area contributed by atoms with Crippen LogP contribution in [0.15, 0.2) is 17.3 Å². The summed E-state index contributed by atoms with van der Waals surface area (Å²) >= 11 is 0. The Bertz CT molecular complexity index is 216.